The van der Waals surface area contributed by atoms with E-state index in [2.05, 4.69) is 15.4 Å². The van der Waals surface area contributed by atoms with Crippen molar-refractivity contribution in [2.75, 3.05) is 5.32 Å². The number of aryl methyl sites for hydroxylation is 1. The summed E-state index contributed by atoms with van der Waals surface area (Å²) in [6, 6.07) is 12.4. The Morgan fingerprint density at radius 2 is 1.81 bits per heavy atom. The molecule has 0 bridgehead atoms. The molecule has 0 aliphatic rings. The predicted octanol–water partition coefficient (Wildman–Crippen LogP) is 3.04. The van der Waals surface area contributed by atoms with Gasteiger partial charge in [-0.25, -0.2) is 9.67 Å². The Balaban J connectivity index is 1.59. The van der Waals surface area contributed by atoms with Gasteiger partial charge in [0, 0.05) is 11.3 Å². The van der Waals surface area contributed by atoms with Crippen LogP contribution < -0.4 is 10.9 Å². The molecule has 0 saturated heterocycles. The van der Waals surface area contributed by atoms with E-state index < -0.39 is 0 Å². The Hall–Kier alpha value is -4.07. The number of rotatable bonds is 5. The van der Waals surface area contributed by atoms with Crippen molar-refractivity contribution < 1.29 is 9.59 Å². The molecule has 4 rings (SSSR count). The summed E-state index contributed by atoms with van der Waals surface area (Å²) in [5.74, 6) is -0.425. The average molecular weight is 415 g/mol. The highest BCUT2D eigenvalue weighted by Gasteiger charge is 2.15. The molecular weight excluding hydrogens is 394 g/mol. The molecule has 0 aliphatic heterocycles. The third kappa shape index (κ3) is 3.87. The first-order valence-electron chi connectivity index (χ1n) is 9.76. The van der Waals surface area contributed by atoms with Crippen LogP contribution in [-0.2, 0) is 11.3 Å². The zero-order valence-corrected chi connectivity index (χ0v) is 17.4. The van der Waals surface area contributed by atoms with Gasteiger partial charge in [-0.1, -0.05) is 12.1 Å². The lowest BCUT2D eigenvalue weighted by atomic mass is 10.1. The van der Waals surface area contributed by atoms with Gasteiger partial charge in [0.05, 0.1) is 11.9 Å². The van der Waals surface area contributed by atoms with Gasteiger partial charge in [0.25, 0.3) is 5.56 Å². The highest BCUT2D eigenvalue weighted by atomic mass is 16.2. The van der Waals surface area contributed by atoms with Crippen LogP contribution in [0.3, 0.4) is 0 Å². The second-order valence-electron chi connectivity index (χ2n) is 7.37. The van der Waals surface area contributed by atoms with E-state index in [-0.39, 0.29) is 23.8 Å². The summed E-state index contributed by atoms with van der Waals surface area (Å²) in [6.45, 7) is 5.29. The Morgan fingerprint density at radius 1 is 1.06 bits per heavy atom. The number of carbonyl (C=O) groups excluding carboxylic acids is 2. The van der Waals surface area contributed by atoms with Crippen molar-refractivity contribution in [1.29, 1.82) is 0 Å². The van der Waals surface area contributed by atoms with Gasteiger partial charge in [-0.3, -0.25) is 19.0 Å². The van der Waals surface area contributed by atoms with Crippen LogP contribution in [0.2, 0.25) is 0 Å². The first-order chi connectivity index (χ1) is 14.8. The van der Waals surface area contributed by atoms with Gasteiger partial charge in [0.15, 0.2) is 11.4 Å². The maximum absolute atomic E-state index is 12.9. The second kappa shape index (κ2) is 7.98. The minimum Gasteiger partial charge on any atom is -0.325 e. The highest BCUT2D eigenvalue weighted by molar-refractivity contribution is 5.95. The summed E-state index contributed by atoms with van der Waals surface area (Å²) in [5, 5.41) is 7.40. The number of fused-ring (bicyclic) bond motifs is 1. The lowest BCUT2D eigenvalue weighted by Crippen LogP contribution is -2.27. The topological polar surface area (TPSA) is 98.9 Å². The predicted molar refractivity (Wildman–Crippen MR) is 118 cm³/mol. The van der Waals surface area contributed by atoms with Crippen molar-refractivity contribution in [3.8, 4) is 5.69 Å². The number of amides is 1. The standard InChI is InChI=1S/C23H21N5O3/c1-14-5-4-6-20(15(14)2)28-22-19(11-25-28)23(31)27(13-24-22)12-21(30)26-18-9-7-17(8-10-18)16(3)29/h4-11,13H,12H2,1-3H3,(H,26,30). The number of Topliss-reactive ketones (excluding diaryl/α,β-unsaturated/α-hetero) is 1. The molecule has 0 radical (unpaired) electrons. The normalized spacial score (nSPS) is 10.9. The molecule has 2 heterocycles. The summed E-state index contributed by atoms with van der Waals surface area (Å²) in [5.41, 5.74) is 4.21. The molecule has 4 aromatic rings. The van der Waals surface area contributed by atoms with Gasteiger partial charge >= 0.3 is 0 Å². The van der Waals surface area contributed by atoms with E-state index in [9.17, 15) is 14.4 Å². The Morgan fingerprint density at radius 3 is 2.52 bits per heavy atom. The van der Waals surface area contributed by atoms with E-state index in [1.165, 1.54) is 24.0 Å². The molecule has 31 heavy (non-hydrogen) atoms. The Labute approximate surface area is 178 Å². The van der Waals surface area contributed by atoms with Crippen LogP contribution in [0.15, 0.2) is 59.8 Å². The molecule has 8 heteroatoms. The number of ketones is 1. The van der Waals surface area contributed by atoms with E-state index in [0.29, 0.717) is 22.3 Å². The van der Waals surface area contributed by atoms with Crippen molar-refractivity contribution in [3.05, 3.63) is 82.0 Å². The maximum Gasteiger partial charge on any atom is 0.264 e. The fourth-order valence-electron chi connectivity index (χ4n) is 3.35. The largest absolute Gasteiger partial charge is 0.325 e. The third-order valence-corrected chi connectivity index (χ3v) is 5.25. The van der Waals surface area contributed by atoms with Gasteiger partial charge in [-0.05, 0) is 62.2 Å². The Bertz CT molecular complexity index is 1370. The average Bonchev–Trinajstić information content (AvgIpc) is 3.17. The van der Waals surface area contributed by atoms with Crippen LogP contribution in [0.1, 0.15) is 28.4 Å². The molecular formula is C23H21N5O3. The fourth-order valence-corrected chi connectivity index (χ4v) is 3.35. The molecule has 0 atom stereocenters. The first kappa shape index (κ1) is 20.2. The van der Waals surface area contributed by atoms with E-state index >= 15 is 0 Å². The van der Waals surface area contributed by atoms with Gasteiger partial charge in [-0.2, -0.15) is 5.10 Å². The van der Waals surface area contributed by atoms with Gasteiger partial charge in [-0.15, -0.1) is 0 Å². The van der Waals surface area contributed by atoms with E-state index in [0.717, 1.165) is 16.8 Å². The maximum atomic E-state index is 12.9. The SMILES string of the molecule is CC(=O)c1ccc(NC(=O)Cn2cnc3c(cnn3-c3cccc(C)c3C)c2=O)cc1. The second-order valence-corrected chi connectivity index (χ2v) is 7.37. The van der Waals surface area contributed by atoms with Crippen molar-refractivity contribution in [2.24, 2.45) is 0 Å². The van der Waals surface area contributed by atoms with Crippen molar-refractivity contribution in [3.63, 3.8) is 0 Å². The quantitative estimate of drug-likeness (QED) is 0.505. The lowest BCUT2D eigenvalue weighted by molar-refractivity contribution is -0.116. The number of nitrogens with zero attached hydrogens (tertiary/aromatic N) is 4. The summed E-state index contributed by atoms with van der Waals surface area (Å²) in [4.78, 5) is 41.0. The van der Waals surface area contributed by atoms with Gasteiger partial charge in [0.2, 0.25) is 5.91 Å². The molecule has 2 aromatic carbocycles. The third-order valence-electron chi connectivity index (χ3n) is 5.25. The number of hydrogen-bond donors (Lipinski definition) is 1. The molecule has 1 N–H and O–H groups in total. The molecule has 0 fully saturated rings. The zero-order valence-electron chi connectivity index (χ0n) is 17.4. The number of nitrogens with one attached hydrogen (secondary N) is 1. The summed E-state index contributed by atoms with van der Waals surface area (Å²) < 4.78 is 2.89. The molecule has 2 aromatic heterocycles. The lowest BCUT2D eigenvalue weighted by Gasteiger charge is -2.10. The van der Waals surface area contributed by atoms with E-state index in [4.69, 9.17) is 0 Å². The van der Waals surface area contributed by atoms with Crippen molar-refractivity contribution in [1.82, 2.24) is 19.3 Å². The summed E-state index contributed by atoms with van der Waals surface area (Å²) in [7, 11) is 0. The molecule has 0 aliphatic carbocycles. The van der Waals surface area contributed by atoms with Crippen molar-refractivity contribution in [2.45, 2.75) is 27.3 Å². The molecule has 0 spiro atoms. The molecule has 0 unspecified atom stereocenters. The van der Waals surface area contributed by atoms with Gasteiger partial charge in [0.1, 0.15) is 18.3 Å². The van der Waals surface area contributed by atoms with Crippen LogP contribution >= 0.6 is 0 Å². The number of benzene rings is 2. The fraction of sp³-hybridized carbons (Fsp3) is 0.174. The van der Waals surface area contributed by atoms with Gasteiger partial charge < -0.3 is 5.32 Å². The number of hydrogen-bond acceptors (Lipinski definition) is 5. The zero-order chi connectivity index (χ0) is 22.1. The molecule has 0 saturated carbocycles. The summed E-state index contributed by atoms with van der Waals surface area (Å²) >= 11 is 0. The van der Waals surface area contributed by atoms with Crippen LogP contribution in [0.4, 0.5) is 5.69 Å². The number of carbonyl (C=O) groups is 2. The highest BCUT2D eigenvalue weighted by Crippen LogP contribution is 2.20. The molecule has 156 valence electrons. The van der Waals surface area contributed by atoms with Crippen LogP contribution in [0.5, 0.6) is 0 Å². The van der Waals surface area contributed by atoms with E-state index in [1.54, 1.807) is 28.9 Å². The summed E-state index contributed by atoms with van der Waals surface area (Å²) in [6.07, 6.45) is 2.83. The van der Waals surface area contributed by atoms with Crippen LogP contribution in [0.25, 0.3) is 16.7 Å². The van der Waals surface area contributed by atoms with E-state index in [1.807, 2.05) is 32.0 Å². The van der Waals surface area contributed by atoms with Crippen LogP contribution in [0, 0.1) is 13.8 Å². The molecule has 1 amide bonds. The van der Waals surface area contributed by atoms with Crippen molar-refractivity contribution >= 4 is 28.4 Å². The Kier molecular flexibility index (Phi) is 5.21. The number of anilines is 1. The van der Waals surface area contributed by atoms with Crippen LogP contribution in [-0.4, -0.2) is 31.0 Å². The minimum absolute atomic E-state index is 0.0507. The molecule has 8 nitrogen and oxygen atoms in total. The number of aromatic nitrogens is 4. The first-order valence-corrected chi connectivity index (χ1v) is 9.76. The monoisotopic (exact) mass is 415 g/mol. The smallest absolute Gasteiger partial charge is 0.264 e. The minimum atomic E-state index is -0.374.